The number of carbonyl (C=O) groups excluding carboxylic acids is 1. The van der Waals surface area contributed by atoms with E-state index in [-0.39, 0.29) is 11.6 Å². The molecule has 4 heteroatoms. The highest BCUT2D eigenvalue weighted by Gasteiger charge is 2.21. The first kappa shape index (κ1) is 13.3. The minimum Gasteiger partial charge on any atom is -0.493 e. The summed E-state index contributed by atoms with van der Waals surface area (Å²) in [6, 6.07) is 9.66. The van der Waals surface area contributed by atoms with Crippen LogP contribution in [0.15, 0.2) is 40.9 Å². The summed E-state index contributed by atoms with van der Waals surface area (Å²) in [6.07, 6.45) is 1.88. The highest BCUT2D eigenvalue weighted by atomic mass is 79.9. The molecule has 0 amide bonds. The molecule has 1 heterocycles. The summed E-state index contributed by atoms with van der Waals surface area (Å²) in [5, 5.41) is 0. The van der Waals surface area contributed by atoms with Gasteiger partial charge in [0.25, 0.3) is 0 Å². The Hall–Kier alpha value is -1.68. The molecule has 1 aliphatic rings. The summed E-state index contributed by atoms with van der Waals surface area (Å²) in [4.78, 5) is 12.6. The smallest absolute Gasteiger partial charge is 0.197 e. The van der Waals surface area contributed by atoms with Crippen molar-refractivity contribution in [2.45, 2.75) is 12.8 Å². The Morgan fingerprint density at radius 2 is 2.05 bits per heavy atom. The van der Waals surface area contributed by atoms with Crippen LogP contribution < -0.4 is 4.74 Å². The van der Waals surface area contributed by atoms with Crippen LogP contribution in [0.1, 0.15) is 27.9 Å². The first-order valence-corrected chi connectivity index (χ1v) is 7.20. The largest absolute Gasteiger partial charge is 0.493 e. The predicted octanol–water partition coefficient (Wildman–Crippen LogP) is 4.14. The summed E-state index contributed by atoms with van der Waals surface area (Å²) >= 11 is 3.24. The molecule has 102 valence electrons. The standard InChI is InChI=1S/C16H12BrFO2/c17-14-9-11(18)6-7-12(14)15(19)13-5-1-3-10-4-2-8-20-16(10)13/h1,3,5-7,9H,2,4,8H2. The van der Waals surface area contributed by atoms with Gasteiger partial charge in [-0.05, 0) is 58.6 Å². The maximum Gasteiger partial charge on any atom is 0.197 e. The van der Waals surface area contributed by atoms with Gasteiger partial charge in [-0.3, -0.25) is 4.79 Å². The van der Waals surface area contributed by atoms with Crippen LogP contribution in [-0.2, 0) is 6.42 Å². The first-order chi connectivity index (χ1) is 9.66. The fourth-order valence-electron chi connectivity index (χ4n) is 2.39. The van der Waals surface area contributed by atoms with Crippen LogP contribution in [0.3, 0.4) is 0 Å². The van der Waals surface area contributed by atoms with Gasteiger partial charge < -0.3 is 4.74 Å². The summed E-state index contributed by atoms with van der Waals surface area (Å²) in [5.74, 6) is 0.135. The van der Waals surface area contributed by atoms with E-state index in [0.29, 0.717) is 28.0 Å². The minimum atomic E-state index is -0.375. The lowest BCUT2D eigenvalue weighted by atomic mass is 9.97. The zero-order chi connectivity index (χ0) is 14.1. The van der Waals surface area contributed by atoms with Gasteiger partial charge in [0.05, 0.1) is 12.2 Å². The third-order valence-corrected chi connectivity index (χ3v) is 4.01. The molecule has 0 N–H and O–H groups in total. The maximum absolute atomic E-state index is 13.1. The third-order valence-electron chi connectivity index (χ3n) is 3.35. The third kappa shape index (κ3) is 2.36. The van der Waals surface area contributed by atoms with Crippen molar-refractivity contribution in [2.24, 2.45) is 0 Å². The zero-order valence-corrected chi connectivity index (χ0v) is 12.2. The number of halogens is 2. The van der Waals surface area contributed by atoms with Crippen LogP contribution in [-0.4, -0.2) is 12.4 Å². The van der Waals surface area contributed by atoms with E-state index >= 15 is 0 Å². The molecule has 1 aliphatic heterocycles. The number of benzene rings is 2. The van der Waals surface area contributed by atoms with Crippen molar-refractivity contribution in [1.29, 1.82) is 0 Å². The van der Waals surface area contributed by atoms with E-state index in [4.69, 9.17) is 4.74 Å². The molecule has 0 saturated carbocycles. The highest BCUT2D eigenvalue weighted by molar-refractivity contribution is 9.10. The normalized spacial score (nSPS) is 13.5. The quantitative estimate of drug-likeness (QED) is 0.771. The molecular weight excluding hydrogens is 323 g/mol. The van der Waals surface area contributed by atoms with Crippen molar-refractivity contribution >= 4 is 21.7 Å². The summed E-state index contributed by atoms with van der Waals surface area (Å²) < 4.78 is 19.2. The Balaban J connectivity index is 2.07. The van der Waals surface area contributed by atoms with Gasteiger partial charge in [-0.25, -0.2) is 4.39 Å². The fraction of sp³-hybridized carbons (Fsp3) is 0.188. The van der Waals surface area contributed by atoms with Crippen LogP contribution in [0.25, 0.3) is 0 Å². The second kappa shape index (κ2) is 5.37. The first-order valence-electron chi connectivity index (χ1n) is 6.41. The summed E-state index contributed by atoms with van der Waals surface area (Å²) in [5.41, 5.74) is 2.03. The van der Waals surface area contributed by atoms with Crippen LogP contribution >= 0.6 is 15.9 Å². The van der Waals surface area contributed by atoms with Gasteiger partial charge in [0.1, 0.15) is 11.6 Å². The summed E-state index contributed by atoms with van der Waals surface area (Å²) in [6.45, 7) is 0.627. The van der Waals surface area contributed by atoms with Crippen molar-refractivity contribution in [3.8, 4) is 5.75 Å². The monoisotopic (exact) mass is 334 g/mol. The van der Waals surface area contributed by atoms with E-state index in [1.165, 1.54) is 18.2 Å². The molecule has 0 bridgehead atoms. The number of ketones is 1. The van der Waals surface area contributed by atoms with Gasteiger partial charge in [0, 0.05) is 10.0 Å². The van der Waals surface area contributed by atoms with E-state index in [0.717, 1.165) is 18.4 Å². The average molecular weight is 335 g/mol. The van der Waals surface area contributed by atoms with E-state index < -0.39 is 0 Å². The molecule has 0 saturated heterocycles. The number of hydrogen-bond donors (Lipinski definition) is 0. The second-order valence-corrected chi connectivity index (χ2v) is 5.55. The van der Waals surface area contributed by atoms with Gasteiger partial charge in [-0.1, -0.05) is 12.1 Å². The van der Waals surface area contributed by atoms with Crippen LogP contribution in [0.4, 0.5) is 4.39 Å². The van der Waals surface area contributed by atoms with E-state index in [1.54, 1.807) is 6.07 Å². The average Bonchev–Trinajstić information content (AvgIpc) is 2.46. The minimum absolute atomic E-state index is 0.157. The van der Waals surface area contributed by atoms with Gasteiger partial charge in [-0.15, -0.1) is 0 Å². The van der Waals surface area contributed by atoms with Crippen LogP contribution in [0.2, 0.25) is 0 Å². The Morgan fingerprint density at radius 1 is 1.20 bits per heavy atom. The predicted molar refractivity (Wildman–Crippen MR) is 77.8 cm³/mol. The lowest BCUT2D eigenvalue weighted by Gasteiger charge is -2.19. The van der Waals surface area contributed by atoms with Crippen molar-refractivity contribution in [3.63, 3.8) is 0 Å². The Kier molecular flexibility index (Phi) is 3.57. The van der Waals surface area contributed by atoms with Crippen molar-refractivity contribution in [2.75, 3.05) is 6.61 Å². The van der Waals surface area contributed by atoms with Crippen molar-refractivity contribution in [1.82, 2.24) is 0 Å². The molecule has 2 nitrogen and oxygen atoms in total. The fourth-order valence-corrected chi connectivity index (χ4v) is 2.92. The molecule has 0 aliphatic carbocycles. The zero-order valence-electron chi connectivity index (χ0n) is 10.7. The number of ether oxygens (including phenoxy) is 1. The Bertz CT molecular complexity index is 682. The Labute approximate surface area is 124 Å². The lowest BCUT2D eigenvalue weighted by molar-refractivity contribution is 0.103. The lowest BCUT2D eigenvalue weighted by Crippen LogP contribution is -2.13. The van der Waals surface area contributed by atoms with Gasteiger partial charge in [0.15, 0.2) is 5.78 Å². The molecule has 0 unspecified atom stereocenters. The van der Waals surface area contributed by atoms with E-state index in [2.05, 4.69) is 15.9 Å². The molecule has 2 aromatic rings. The Morgan fingerprint density at radius 3 is 2.85 bits per heavy atom. The van der Waals surface area contributed by atoms with Crippen LogP contribution in [0, 0.1) is 5.82 Å². The maximum atomic E-state index is 13.1. The van der Waals surface area contributed by atoms with E-state index in [9.17, 15) is 9.18 Å². The number of fused-ring (bicyclic) bond motifs is 1. The number of aryl methyl sites for hydroxylation is 1. The number of hydrogen-bond acceptors (Lipinski definition) is 2. The molecule has 0 fully saturated rings. The van der Waals surface area contributed by atoms with Crippen molar-refractivity contribution in [3.05, 3.63) is 63.4 Å². The number of rotatable bonds is 2. The second-order valence-electron chi connectivity index (χ2n) is 4.70. The molecule has 0 radical (unpaired) electrons. The number of carbonyl (C=O) groups is 1. The summed E-state index contributed by atoms with van der Waals surface area (Å²) in [7, 11) is 0. The molecule has 3 rings (SSSR count). The molecule has 0 aromatic heterocycles. The molecule has 0 atom stereocenters. The number of para-hydroxylation sites is 1. The van der Waals surface area contributed by atoms with E-state index in [1.807, 2.05) is 12.1 Å². The molecule has 20 heavy (non-hydrogen) atoms. The molecule has 2 aromatic carbocycles. The van der Waals surface area contributed by atoms with Gasteiger partial charge in [0.2, 0.25) is 0 Å². The van der Waals surface area contributed by atoms with Gasteiger partial charge >= 0.3 is 0 Å². The molecular formula is C16H12BrFO2. The van der Waals surface area contributed by atoms with Crippen molar-refractivity contribution < 1.29 is 13.9 Å². The molecule has 0 spiro atoms. The van der Waals surface area contributed by atoms with Gasteiger partial charge in [-0.2, -0.15) is 0 Å². The SMILES string of the molecule is O=C(c1ccc(F)cc1Br)c1cccc2c1OCCC2. The topological polar surface area (TPSA) is 26.3 Å². The highest BCUT2D eigenvalue weighted by Crippen LogP contribution is 2.32. The van der Waals surface area contributed by atoms with Crippen LogP contribution in [0.5, 0.6) is 5.75 Å².